The molecule has 0 aliphatic heterocycles. The van der Waals surface area contributed by atoms with Gasteiger partial charge < -0.3 is 4.74 Å². The summed E-state index contributed by atoms with van der Waals surface area (Å²) >= 11 is 4.23. The summed E-state index contributed by atoms with van der Waals surface area (Å²) in [7, 11) is 0. The zero-order chi connectivity index (χ0) is 13.9. The summed E-state index contributed by atoms with van der Waals surface area (Å²) in [6.45, 7) is 5.06. The molecule has 0 aliphatic carbocycles. The van der Waals surface area contributed by atoms with Crippen molar-refractivity contribution in [2.24, 2.45) is 0 Å². The molecule has 1 rings (SSSR count). The highest BCUT2D eigenvalue weighted by Gasteiger charge is 1.99. The number of ether oxygens (including phenoxy) is 1. The summed E-state index contributed by atoms with van der Waals surface area (Å²) < 4.78 is 5.85. The van der Waals surface area contributed by atoms with Gasteiger partial charge in [-0.25, -0.2) is 0 Å². The molecule has 2 heteroatoms. The molecule has 19 heavy (non-hydrogen) atoms. The van der Waals surface area contributed by atoms with E-state index in [1.807, 2.05) is 0 Å². The van der Waals surface area contributed by atoms with Crippen molar-refractivity contribution in [3.05, 3.63) is 29.3 Å². The molecule has 0 radical (unpaired) electrons. The molecule has 0 bridgehead atoms. The lowest BCUT2D eigenvalue weighted by atomic mass is 10.1. The van der Waals surface area contributed by atoms with E-state index < -0.39 is 0 Å². The average molecular weight is 280 g/mol. The van der Waals surface area contributed by atoms with E-state index in [1.54, 1.807) is 0 Å². The SMILES string of the molecule is Cc1ccc(C)c(OCCCCCCCCCS)c1. The summed E-state index contributed by atoms with van der Waals surface area (Å²) in [5, 5.41) is 0. The van der Waals surface area contributed by atoms with Gasteiger partial charge in [0.2, 0.25) is 0 Å². The van der Waals surface area contributed by atoms with Crippen molar-refractivity contribution in [3.63, 3.8) is 0 Å². The molecule has 0 saturated heterocycles. The number of aryl methyl sites for hydroxylation is 2. The standard InChI is InChI=1S/C17H28OS/c1-15-10-11-16(2)17(14-15)18-12-8-6-4-3-5-7-9-13-19/h10-11,14,19H,3-9,12-13H2,1-2H3. The molecule has 1 aromatic carbocycles. The van der Waals surface area contributed by atoms with E-state index in [4.69, 9.17) is 4.74 Å². The van der Waals surface area contributed by atoms with Gasteiger partial charge in [0, 0.05) is 0 Å². The minimum atomic E-state index is 0.848. The molecule has 0 atom stereocenters. The molecule has 0 unspecified atom stereocenters. The molecule has 0 saturated carbocycles. The fraction of sp³-hybridized carbons (Fsp3) is 0.647. The van der Waals surface area contributed by atoms with Gasteiger partial charge >= 0.3 is 0 Å². The maximum Gasteiger partial charge on any atom is 0.122 e. The Morgan fingerprint density at radius 2 is 1.53 bits per heavy atom. The third kappa shape index (κ3) is 7.51. The Bertz CT molecular complexity index is 349. The van der Waals surface area contributed by atoms with Gasteiger partial charge in [0.15, 0.2) is 0 Å². The average Bonchev–Trinajstić information content (AvgIpc) is 2.40. The Labute approximate surface area is 124 Å². The molecule has 0 heterocycles. The van der Waals surface area contributed by atoms with E-state index in [-0.39, 0.29) is 0 Å². The van der Waals surface area contributed by atoms with E-state index in [1.165, 1.54) is 56.1 Å². The van der Waals surface area contributed by atoms with Gasteiger partial charge in [0.25, 0.3) is 0 Å². The predicted octanol–water partition coefficient (Wildman–Crippen LogP) is 5.34. The Morgan fingerprint density at radius 3 is 2.21 bits per heavy atom. The monoisotopic (exact) mass is 280 g/mol. The van der Waals surface area contributed by atoms with Gasteiger partial charge in [0.1, 0.15) is 5.75 Å². The van der Waals surface area contributed by atoms with Crippen LogP contribution < -0.4 is 4.74 Å². The zero-order valence-electron chi connectivity index (χ0n) is 12.5. The first-order valence-corrected chi connectivity index (χ1v) is 8.18. The van der Waals surface area contributed by atoms with Crippen LogP contribution in [0.2, 0.25) is 0 Å². The van der Waals surface area contributed by atoms with E-state index in [9.17, 15) is 0 Å². The number of hydrogen-bond acceptors (Lipinski definition) is 2. The van der Waals surface area contributed by atoms with E-state index in [0.717, 1.165) is 18.1 Å². The topological polar surface area (TPSA) is 9.23 Å². The summed E-state index contributed by atoms with van der Waals surface area (Å²) in [4.78, 5) is 0. The van der Waals surface area contributed by atoms with Crippen molar-refractivity contribution < 1.29 is 4.74 Å². The highest BCUT2D eigenvalue weighted by atomic mass is 32.1. The predicted molar refractivity (Wildman–Crippen MR) is 87.6 cm³/mol. The van der Waals surface area contributed by atoms with Gasteiger partial charge in [-0.05, 0) is 49.6 Å². The molecule has 1 aromatic rings. The maximum absolute atomic E-state index is 5.85. The highest BCUT2D eigenvalue weighted by Crippen LogP contribution is 2.19. The summed E-state index contributed by atoms with van der Waals surface area (Å²) in [6, 6.07) is 6.39. The third-order valence-electron chi connectivity index (χ3n) is 3.40. The lowest BCUT2D eigenvalue weighted by Gasteiger charge is -2.09. The second-order valence-corrected chi connectivity index (χ2v) is 5.76. The first-order chi connectivity index (χ1) is 9.24. The van der Waals surface area contributed by atoms with Crippen LogP contribution in [0.4, 0.5) is 0 Å². The van der Waals surface area contributed by atoms with Crippen molar-refractivity contribution in [1.82, 2.24) is 0 Å². The van der Waals surface area contributed by atoms with Crippen molar-refractivity contribution in [2.45, 2.75) is 58.8 Å². The second kappa shape index (κ2) is 10.2. The molecule has 1 nitrogen and oxygen atoms in total. The molecule has 0 spiro atoms. The fourth-order valence-electron chi connectivity index (χ4n) is 2.14. The lowest BCUT2D eigenvalue weighted by Crippen LogP contribution is -1.99. The van der Waals surface area contributed by atoms with Crippen molar-refractivity contribution in [2.75, 3.05) is 12.4 Å². The number of hydrogen-bond donors (Lipinski definition) is 1. The molecular formula is C17H28OS. The molecule has 0 N–H and O–H groups in total. The lowest BCUT2D eigenvalue weighted by molar-refractivity contribution is 0.302. The highest BCUT2D eigenvalue weighted by molar-refractivity contribution is 7.80. The largest absolute Gasteiger partial charge is 0.493 e. The second-order valence-electron chi connectivity index (χ2n) is 5.32. The van der Waals surface area contributed by atoms with Crippen LogP contribution in [-0.2, 0) is 0 Å². The molecular weight excluding hydrogens is 252 g/mol. The van der Waals surface area contributed by atoms with Gasteiger partial charge in [-0.1, -0.05) is 44.2 Å². The van der Waals surface area contributed by atoms with Crippen molar-refractivity contribution >= 4 is 12.6 Å². The normalized spacial score (nSPS) is 10.7. The summed E-state index contributed by atoms with van der Waals surface area (Å²) in [5.74, 6) is 2.08. The fourth-order valence-corrected chi connectivity index (χ4v) is 2.37. The van der Waals surface area contributed by atoms with E-state index in [2.05, 4.69) is 44.7 Å². The van der Waals surface area contributed by atoms with Crippen LogP contribution in [-0.4, -0.2) is 12.4 Å². The molecule has 0 fully saturated rings. The van der Waals surface area contributed by atoms with Crippen molar-refractivity contribution in [3.8, 4) is 5.75 Å². The molecule has 108 valence electrons. The molecule has 0 aromatic heterocycles. The first kappa shape index (κ1) is 16.4. The maximum atomic E-state index is 5.85. The summed E-state index contributed by atoms with van der Waals surface area (Å²) in [5.41, 5.74) is 2.50. The van der Waals surface area contributed by atoms with Crippen LogP contribution in [0.15, 0.2) is 18.2 Å². The van der Waals surface area contributed by atoms with E-state index in [0.29, 0.717) is 0 Å². The van der Waals surface area contributed by atoms with Gasteiger partial charge in [-0.15, -0.1) is 0 Å². The van der Waals surface area contributed by atoms with Crippen LogP contribution in [0.25, 0.3) is 0 Å². The Kier molecular flexibility index (Phi) is 8.81. The van der Waals surface area contributed by atoms with Gasteiger partial charge in [-0.2, -0.15) is 12.6 Å². The minimum Gasteiger partial charge on any atom is -0.493 e. The number of unbranched alkanes of at least 4 members (excludes halogenated alkanes) is 6. The number of thiol groups is 1. The first-order valence-electron chi connectivity index (χ1n) is 7.55. The van der Waals surface area contributed by atoms with Crippen LogP contribution >= 0.6 is 12.6 Å². The van der Waals surface area contributed by atoms with Gasteiger partial charge in [0.05, 0.1) is 6.61 Å². The van der Waals surface area contributed by atoms with Crippen LogP contribution in [0.3, 0.4) is 0 Å². The smallest absolute Gasteiger partial charge is 0.122 e. The zero-order valence-corrected chi connectivity index (χ0v) is 13.3. The Balaban J connectivity index is 2.03. The Hall–Kier alpha value is -0.630. The van der Waals surface area contributed by atoms with E-state index >= 15 is 0 Å². The van der Waals surface area contributed by atoms with Crippen molar-refractivity contribution in [1.29, 1.82) is 0 Å². The quantitative estimate of drug-likeness (QED) is 0.449. The van der Waals surface area contributed by atoms with Crippen LogP contribution in [0.1, 0.15) is 56.1 Å². The van der Waals surface area contributed by atoms with Crippen LogP contribution in [0.5, 0.6) is 5.75 Å². The minimum absolute atomic E-state index is 0.848. The number of benzene rings is 1. The van der Waals surface area contributed by atoms with Crippen LogP contribution in [0, 0.1) is 13.8 Å². The molecule has 0 amide bonds. The Morgan fingerprint density at radius 1 is 0.895 bits per heavy atom. The molecule has 0 aliphatic rings. The number of rotatable bonds is 10. The third-order valence-corrected chi connectivity index (χ3v) is 3.72. The van der Waals surface area contributed by atoms with Gasteiger partial charge in [-0.3, -0.25) is 0 Å². The summed E-state index contributed by atoms with van der Waals surface area (Å²) in [6.07, 6.45) is 9.10.